The molecular formula is C16H20N6O3. The van der Waals surface area contributed by atoms with Gasteiger partial charge in [0.25, 0.3) is 5.95 Å². The molecular weight excluding hydrogens is 324 g/mol. The minimum absolute atomic E-state index is 0.311. The number of aliphatic imine (C=N–C) groups is 1. The molecule has 1 N–H and O–H groups in total. The molecule has 2 atom stereocenters. The van der Waals surface area contributed by atoms with Crippen molar-refractivity contribution in [3.05, 3.63) is 29.8 Å². The molecule has 9 heteroatoms. The van der Waals surface area contributed by atoms with Crippen LogP contribution in [0.5, 0.6) is 5.75 Å². The van der Waals surface area contributed by atoms with Crippen LogP contribution in [0.4, 0.5) is 5.95 Å². The molecule has 0 radical (unpaired) electrons. The first-order valence-electron chi connectivity index (χ1n) is 7.90. The molecule has 0 saturated heterocycles. The number of fused-ring (bicyclic) bond motifs is 1. The summed E-state index contributed by atoms with van der Waals surface area (Å²) in [5, 5.41) is 21.0. The van der Waals surface area contributed by atoms with Crippen LogP contribution in [0.3, 0.4) is 0 Å². The first-order chi connectivity index (χ1) is 12.0. The Hall–Kier alpha value is -2.81. The van der Waals surface area contributed by atoms with Gasteiger partial charge in [0.15, 0.2) is 0 Å². The highest BCUT2D eigenvalue weighted by atomic mass is 16.5. The minimum atomic E-state index is -0.960. The van der Waals surface area contributed by atoms with Crippen LogP contribution in [0.1, 0.15) is 18.5 Å². The second kappa shape index (κ2) is 6.98. The molecule has 2 heterocycles. The summed E-state index contributed by atoms with van der Waals surface area (Å²) in [7, 11) is 3.96. The van der Waals surface area contributed by atoms with Crippen molar-refractivity contribution in [3.8, 4) is 5.75 Å². The Morgan fingerprint density at radius 1 is 1.32 bits per heavy atom. The van der Waals surface area contributed by atoms with Gasteiger partial charge in [0.2, 0.25) is 0 Å². The summed E-state index contributed by atoms with van der Waals surface area (Å²) < 4.78 is 7.13. The molecule has 0 spiro atoms. The fraction of sp³-hybridized carbons (Fsp3) is 0.438. The number of carboxylic acid groups (broad SMARTS) is 1. The van der Waals surface area contributed by atoms with E-state index < -0.39 is 17.9 Å². The lowest BCUT2D eigenvalue weighted by Gasteiger charge is -2.27. The molecule has 1 aromatic heterocycles. The number of hydrogen-bond acceptors (Lipinski definition) is 7. The molecule has 2 aromatic rings. The van der Waals surface area contributed by atoms with Crippen LogP contribution in [0.2, 0.25) is 0 Å². The highest BCUT2D eigenvalue weighted by Gasteiger charge is 2.39. The van der Waals surface area contributed by atoms with Crippen molar-refractivity contribution in [1.29, 1.82) is 0 Å². The normalized spacial score (nSPS) is 19.4. The van der Waals surface area contributed by atoms with Crippen LogP contribution in [0.25, 0.3) is 0 Å². The lowest BCUT2D eigenvalue weighted by molar-refractivity contribution is -0.140. The number of carboxylic acids is 1. The highest BCUT2D eigenvalue weighted by Crippen LogP contribution is 2.35. The molecule has 1 aromatic carbocycles. The maximum atomic E-state index is 11.8. The molecule has 0 saturated carbocycles. The summed E-state index contributed by atoms with van der Waals surface area (Å²) >= 11 is 0. The largest absolute Gasteiger partial charge is 0.492 e. The second-order valence-corrected chi connectivity index (χ2v) is 6.16. The van der Waals surface area contributed by atoms with Crippen LogP contribution >= 0.6 is 0 Å². The lowest BCUT2D eigenvalue weighted by atomic mass is 9.88. The number of ether oxygens (including phenoxy) is 1. The van der Waals surface area contributed by atoms with Gasteiger partial charge in [0.1, 0.15) is 24.3 Å². The average Bonchev–Trinajstić information content (AvgIpc) is 3.01. The predicted octanol–water partition coefficient (Wildman–Crippen LogP) is 1.01. The fourth-order valence-electron chi connectivity index (χ4n) is 2.79. The van der Waals surface area contributed by atoms with Gasteiger partial charge in [-0.25, -0.2) is 9.67 Å². The molecule has 9 nitrogen and oxygen atoms in total. The average molecular weight is 344 g/mol. The zero-order valence-corrected chi connectivity index (χ0v) is 14.3. The Kier molecular flexibility index (Phi) is 4.75. The van der Waals surface area contributed by atoms with Gasteiger partial charge in [-0.15, -0.1) is 0 Å². The van der Waals surface area contributed by atoms with Crippen LogP contribution in [0.15, 0.2) is 29.3 Å². The van der Waals surface area contributed by atoms with Crippen LogP contribution in [0, 0.1) is 5.92 Å². The SMILES string of the molecule is CC1=Nc2nnnn2C(c2ccc(OCCN(C)C)cc2)C1C(=O)O. The molecule has 3 rings (SSSR count). The zero-order chi connectivity index (χ0) is 18.0. The first-order valence-corrected chi connectivity index (χ1v) is 7.90. The predicted molar refractivity (Wildman–Crippen MR) is 90.3 cm³/mol. The van der Waals surface area contributed by atoms with Crippen molar-refractivity contribution in [2.45, 2.75) is 13.0 Å². The lowest BCUT2D eigenvalue weighted by Crippen LogP contribution is -2.35. The van der Waals surface area contributed by atoms with E-state index in [0.717, 1.165) is 17.9 Å². The molecule has 0 amide bonds. The Morgan fingerprint density at radius 2 is 2.04 bits per heavy atom. The number of aliphatic carboxylic acids is 1. The number of aromatic nitrogens is 4. The molecule has 0 bridgehead atoms. The number of nitrogens with zero attached hydrogens (tertiary/aromatic N) is 6. The monoisotopic (exact) mass is 344 g/mol. The Morgan fingerprint density at radius 3 is 2.68 bits per heavy atom. The quantitative estimate of drug-likeness (QED) is 0.833. The van der Waals surface area contributed by atoms with E-state index in [4.69, 9.17) is 4.74 Å². The molecule has 132 valence electrons. The summed E-state index contributed by atoms with van der Waals surface area (Å²) in [6, 6.07) is 6.80. The van der Waals surface area contributed by atoms with Gasteiger partial charge in [0, 0.05) is 12.3 Å². The summed E-state index contributed by atoms with van der Waals surface area (Å²) in [5.41, 5.74) is 1.27. The number of benzene rings is 1. The molecule has 2 unspecified atom stereocenters. The summed E-state index contributed by atoms with van der Waals surface area (Å²) in [5.74, 6) is -0.739. The van der Waals surface area contributed by atoms with E-state index in [-0.39, 0.29) is 0 Å². The Labute approximate surface area is 144 Å². The van der Waals surface area contributed by atoms with Gasteiger partial charge in [-0.3, -0.25) is 4.79 Å². The van der Waals surface area contributed by atoms with Crippen molar-refractivity contribution in [1.82, 2.24) is 25.1 Å². The van der Waals surface area contributed by atoms with E-state index >= 15 is 0 Å². The molecule has 1 aliphatic heterocycles. The minimum Gasteiger partial charge on any atom is -0.492 e. The topological polar surface area (TPSA) is 106 Å². The summed E-state index contributed by atoms with van der Waals surface area (Å²) in [6.07, 6.45) is 0. The number of carbonyl (C=O) groups is 1. The van der Waals surface area contributed by atoms with Crippen LogP contribution < -0.4 is 4.74 Å². The zero-order valence-electron chi connectivity index (χ0n) is 14.3. The van der Waals surface area contributed by atoms with E-state index in [1.807, 2.05) is 43.3 Å². The molecule has 25 heavy (non-hydrogen) atoms. The van der Waals surface area contributed by atoms with Gasteiger partial charge in [-0.2, -0.15) is 0 Å². The van der Waals surface area contributed by atoms with Gasteiger partial charge in [-0.1, -0.05) is 17.2 Å². The van der Waals surface area contributed by atoms with E-state index in [2.05, 4.69) is 20.5 Å². The van der Waals surface area contributed by atoms with E-state index in [0.29, 0.717) is 18.3 Å². The van der Waals surface area contributed by atoms with Crippen molar-refractivity contribution in [3.63, 3.8) is 0 Å². The Bertz CT molecular complexity index is 783. The van der Waals surface area contributed by atoms with Crippen molar-refractivity contribution in [2.24, 2.45) is 10.9 Å². The van der Waals surface area contributed by atoms with E-state index in [9.17, 15) is 9.90 Å². The molecule has 0 fully saturated rings. The summed E-state index contributed by atoms with van der Waals surface area (Å²) in [4.78, 5) is 18.0. The third-order valence-electron chi connectivity index (χ3n) is 4.08. The van der Waals surface area contributed by atoms with Crippen LogP contribution in [-0.4, -0.2) is 69.1 Å². The van der Waals surface area contributed by atoms with Crippen molar-refractivity contribution in [2.75, 3.05) is 27.2 Å². The standard InChI is InChI=1S/C16H20N6O3/c1-10-13(15(23)24)14(22-16(17-10)18-19-20-22)11-4-6-12(7-5-11)25-9-8-21(2)3/h4-7,13-14H,8-9H2,1-3H3,(H,23,24). The van der Waals surface area contributed by atoms with Gasteiger partial charge in [-0.05, 0) is 49.1 Å². The number of likely N-dealkylation sites (N-methyl/N-ethyl adjacent to an activating group) is 1. The number of rotatable bonds is 6. The van der Waals surface area contributed by atoms with Gasteiger partial charge < -0.3 is 14.7 Å². The van der Waals surface area contributed by atoms with E-state index in [1.165, 1.54) is 4.68 Å². The molecule has 1 aliphatic rings. The Balaban J connectivity index is 1.86. The van der Waals surface area contributed by atoms with Crippen LogP contribution in [-0.2, 0) is 4.79 Å². The third kappa shape index (κ3) is 3.50. The molecule has 0 aliphatic carbocycles. The van der Waals surface area contributed by atoms with Crippen molar-refractivity contribution >= 4 is 17.6 Å². The summed E-state index contributed by atoms with van der Waals surface area (Å²) in [6.45, 7) is 3.08. The van der Waals surface area contributed by atoms with Gasteiger partial charge in [0.05, 0.1) is 0 Å². The van der Waals surface area contributed by atoms with Crippen molar-refractivity contribution < 1.29 is 14.6 Å². The second-order valence-electron chi connectivity index (χ2n) is 6.16. The number of tetrazole rings is 1. The third-order valence-corrected chi connectivity index (χ3v) is 4.08. The van der Waals surface area contributed by atoms with Gasteiger partial charge >= 0.3 is 5.97 Å². The maximum absolute atomic E-state index is 11.8. The van der Waals surface area contributed by atoms with E-state index in [1.54, 1.807) is 6.92 Å². The first kappa shape index (κ1) is 17.0. The maximum Gasteiger partial charge on any atom is 0.314 e. The highest BCUT2D eigenvalue weighted by molar-refractivity contribution is 6.02. The smallest absolute Gasteiger partial charge is 0.314 e. The fourth-order valence-corrected chi connectivity index (χ4v) is 2.79. The number of hydrogen-bond donors (Lipinski definition) is 1.